The number of carbonyl (C=O) groups excluding carboxylic acids is 1. The van der Waals surface area contributed by atoms with Gasteiger partial charge in [0.05, 0.1) is 11.3 Å². The summed E-state index contributed by atoms with van der Waals surface area (Å²) in [5.41, 5.74) is 3.62. The van der Waals surface area contributed by atoms with Crippen molar-refractivity contribution in [2.24, 2.45) is 0 Å². The zero-order chi connectivity index (χ0) is 13.2. The van der Waals surface area contributed by atoms with Crippen LogP contribution in [0.25, 0.3) is 0 Å². The van der Waals surface area contributed by atoms with Crippen LogP contribution in [-0.2, 0) is 4.74 Å². The van der Waals surface area contributed by atoms with Crippen molar-refractivity contribution in [1.82, 2.24) is 0 Å². The van der Waals surface area contributed by atoms with E-state index in [1.54, 1.807) is 0 Å². The average molecular weight is 255 g/mol. The van der Waals surface area contributed by atoms with Gasteiger partial charge in [-0.05, 0) is 6.07 Å². The molecule has 0 radical (unpaired) electrons. The first-order valence-electron chi connectivity index (χ1n) is 4.19. The lowest BCUT2D eigenvalue weighted by Crippen LogP contribution is -2.21. The van der Waals surface area contributed by atoms with Crippen LogP contribution in [0.5, 0.6) is 0 Å². The maximum Gasteiger partial charge on any atom is 0.422 e. The van der Waals surface area contributed by atoms with E-state index in [0.717, 1.165) is 0 Å². The van der Waals surface area contributed by atoms with Gasteiger partial charge in [0.25, 0.3) is 0 Å². The molecule has 0 aliphatic heterocycles. The average Bonchev–Trinajstić information content (AvgIpc) is 2.19. The zero-order valence-electron chi connectivity index (χ0n) is 8.15. The van der Waals surface area contributed by atoms with Crippen molar-refractivity contribution in [3.8, 4) is 0 Å². The van der Waals surface area contributed by atoms with Crippen molar-refractivity contribution in [1.29, 1.82) is 0 Å². The summed E-state index contributed by atoms with van der Waals surface area (Å²) in [7, 11) is 0. The van der Waals surface area contributed by atoms with Crippen molar-refractivity contribution in [3.05, 3.63) is 29.3 Å². The fraction of sp³-hybridized carbons (Fsp3) is 0.222. The predicted octanol–water partition coefficient (Wildman–Crippen LogP) is 2.27. The zero-order valence-corrected chi connectivity index (χ0v) is 8.15. The molecule has 17 heavy (non-hydrogen) atoms. The van der Waals surface area contributed by atoms with Gasteiger partial charge in [0, 0.05) is 6.07 Å². The normalized spacial score (nSPS) is 11.4. The number of nitrogen functional groups attached to an aromatic ring is 1. The highest BCUT2D eigenvalue weighted by atomic mass is 19.4. The Morgan fingerprint density at radius 3 is 2.35 bits per heavy atom. The van der Waals surface area contributed by atoms with E-state index in [4.69, 9.17) is 5.73 Å². The van der Waals surface area contributed by atoms with Crippen molar-refractivity contribution in [2.75, 3.05) is 12.3 Å². The third-order valence-electron chi connectivity index (χ3n) is 1.67. The Bertz CT molecular complexity index is 444. The van der Waals surface area contributed by atoms with Crippen LogP contribution in [-0.4, -0.2) is 18.8 Å². The van der Waals surface area contributed by atoms with Crippen molar-refractivity contribution >= 4 is 11.7 Å². The Morgan fingerprint density at radius 2 is 1.82 bits per heavy atom. The maximum absolute atomic E-state index is 13.0. The Kier molecular flexibility index (Phi) is 3.54. The molecule has 0 amide bonds. The second-order valence-electron chi connectivity index (χ2n) is 3.04. The summed E-state index contributed by atoms with van der Waals surface area (Å²) in [5, 5.41) is 0. The monoisotopic (exact) mass is 255 g/mol. The second-order valence-corrected chi connectivity index (χ2v) is 3.04. The summed E-state index contributed by atoms with van der Waals surface area (Å²) < 4.78 is 64.7. The Hall–Kier alpha value is -1.86. The SMILES string of the molecule is Nc1cc(C(=O)OCC(F)(F)F)c(F)cc1F. The topological polar surface area (TPSA) is 52.3 Å². The molecule has 0 saturated carbocycles. The van der Waals surface area contributed by atoms with E-state index in [9.17, 15) is 26.7 Å². The number of rotatable bonds is 2. The largest absolute Gasteiger partial charge is 0.452 e. The Morgan fingerprint density at radius 1 is 1.24 bits per heavy atom. The Labute approximate surface area is 92.0 Å². The molecule has 0 heterocycles. The van der Waals surface area contributed by atoms with Crippen LogP contribution < -0.4 is 5.73 Å². The molecule has 94 valence electrons. The lowest BCUT2D eigenvalue weighted by atomic mass is 10.2. The summed E-state index contributed by atoms with van der Waals surface area (Å²) in [6, 6.07) is 0.864. The molecule has 0 aliphatic rings. The number of nitrogens with two attached hydrogens (primary N) is 1. The van der Waals surface area contributed by atoms with Crippen LogP contribution in [0.3, 0.4) is 0 Å². The first-order chi connectivity index (χ1) is 7.70. The molecule has 0 atom stereocenters. The molecule has 1 aromatic rings. The third kappa shape index (κ3) is 3.58. The number of hydrogen-bond acceptors (Lipinski definition) is 3. The van der Waals surface area contributed by atoms with Gasteiger partial charge in [0.1, 0.15) is 11.6 Å². The van der Waals surface area contributed by atoms with Crippen LogP contribution >= 0.6 is 0 Å². The van der Waals surface area contributed by atoms with Crippen molar-refractivity contribution < 1.29 is 31.5 Å². The van der Waals surface area contributed by atoms with Gasteiger partial charge < -0.3 is 10.5 Å². The number of hydrogen-bond donors (Lipinski definition) is 1. The van der Waals surface area contributed by atoms with Crippen LogP contribution in [0, 0.1) is 11.6 Å². The molecule has 0 unspecified atom stereocenters. The van der Waals surface area contributed by atoms with Gasteiger partial charge in [-0.25, -0.2) is 13.6 Å². The first kappa shape index (κ1) is 13.2. The molecule has 0 saturated heterocycles. The lowest BCUT2D eigenvalue weighted by molar-refractivity contribution is -0.161. The van der Waals surface area contributed by atoms with E-state index in [1.807, 2.05) is 0 Å². The quantitative estimate of drug-likeness (QED) is 0.501. The second kappa shape index (κ2) is 4.56. The molecule has 1 rings (SSSR count). The van der Waals surface area contributed by atoms with E-state index in [0.29, 0.717) is 12.1 Å². The van der Waals surface area contributed by atoms with Crippen LogP contribution in [0.2, 0.25) is 0 Å². The number of esters is 1. The summed E-state index contributed by atoms with van der Waals surface area (Å²) >= 11 is 0. The third-order valence-corrected chi connectivity index (χ3v) is 1.67. The van der Waals surface area contributed by atoms with Gasteiger partial charge in [-0.3, -0.25) is 0 Å². The van der Waals surface area contributed by atoms with Gasteiger partial charge in [-0.2, -0.15) is 13.2 Å². The summed E-state index contributed by atoms with van der Waals surface area (Å²) in [5.74, 6) is -4.02. The minimum atomic E-state index is -4.72. The number of alkyl halides is 3. The molecule has 2 N–H and O–H groups in total. The fourth-order valence-electron chi connectivity index (χ4n) is 0.947. The Balaban J connectivity index is 2.86. The predicted molar refractivity (Wildman–Crippen MR) is 47.1 cm³/mol. The summed E-state index contributed by atoms with van der Waals surface area (Å²) in [6.45, 7) is -1.86. The minimum Gasteiger partial charge on any atom is -0.452 e. The number of ether oxygens (including phenoxy) is 1. The van der Waals surface area contributed by atoms with E-state index >= 15 is 0 Å². The molecule has 1 aromatic carbocycles. The smallest absolute Gasteiger partial charge is 0.422 e. The van der Waals surface area contributed by atoms with Gasteiger partial charge >= 0.3 is 12.1 Å². The maximum atomic E-state index is 13.0. The van der Waals surface area contributed by atoms with Gasteiger partial charge in [-0.1, -0.05) is 0 Å². The standard InChI is InChI=1S/C9H6F5NO2/c10-5-2-6(11)7(15)1-4(5)8(16)17-3-9(12,13)14/h1-2H,3,15H2. The minimum absolute atomic E-state index is 0.291. The van der Waals surface area contributed by atoms with E-state index in [2.05, 4.69) is 4.74 Å². The van der Waals surface area contributed by atoms with Gasteiger partial charge in [-0.15, -0.1) is 0 Å². The molecule has 0 bridgehead atoms. The molecular weight excluding hydrogens is 249 g/mol. The van der Waals surface area contributed by atoms with E-state index in [1.165, 1.54) is 0 Å². The summed E-state index contributed by atoms with van der Waals surface area (Å²) in [4.78, 5) is 11.0. The van der Waals surface area contributed by atoms with Crippen molar-refractivity contribution in [3.63, 3.8) is 0 Å². The van der Waals surface area contributed by atoms with Crippen LogP contribution in [0.15, 0.2) is 12.1 Å². The molecule has 0 fully saturated rings. The molecular formula is C9H6F5NO2. The first-order valence-corrected chi connectivity index (χ1v) is 4.19. The van der Waals surface area contributed by atoms with Crippen LogP contribution in [0.1, 0.15) is 10.4 Å². The number of halogens is 5. The van der Waals surface area contributed by atoms with E-state index < -0.39 is 41.6 Å². The molecule has 3 nitrogen and oxygen atoms in total. The highest BCUT2D eigenvalue weighted by molar-refractivity contribution is 5.90. The molecule has 8 heteroatoms. The molecule has 0 spiro atoms. The molecule has 0 aliphatic carbocycles. The number of benzene rings is 1. The van der Waals surface area contributed by atoms with Crippen molar-refractivity contribution in [2.45, 2.75) is 6.18 Å². The van der Waals surface area contributed by atoms with Gasteiger partial charge in [0.2, 0.25) is 0 Å². The van der Waals surface area contributed by atoms with Crippen LogP contribution in [0.4, 0.5) is 27.6 Å². The number of anilines is 1. The van der Waals surface area contributed by atoms with E-state index in [-0.39, 0.29) is 0 Å². The highest BCUT2D eigenvalue weighted by Gasteiger charge is 2.30. The number of carbonyl (C=O) groups is 1. The lowest BCUT2D eigenvalue weighted by Gasteiger charge is -2.08. The van der Waals surface area contributed by atoms with Gasteiger partial charge in [0.15, 0.2) is 6.61 Å². The fourth-order valence-corrected chi connectivity index (χ4v) is 0.947. The summed E-state index contributed by atoms with van der Waals surface area (Å²) in [6.07, 6.45) is -4.72. The molecule has 0 aromatic heterocycles. The highest BCUT2D eigenvalue weighted by Crippen LogP contribution is 2.19.